The summed E-state index contributed by atoms with van der Waals surface area (Å²) in [6.45, 7) is 5.67. The van der Waals surface area contributed by atoms with E-state index in [1.165, 1.54) is 0 Å². The summed E-state index contributed by atoms with van der Waals surface area (Å²) < 4.78 is 65.1. The summed E-state index contributed by atoms with van der Waals surface area (Å²) >= 11 is 0. The van der Waals surface area contributed by atoms with E-state index < -0.39 is 44.1 Å². The van der Waals surface area contributed by atoms with Gasteiger partial charge in [0.2, 0.25) is 0 Å². The van der Waals surface area contributed by atoms with E-state index in [9.17, 15) is 18.0 Å². The van der Waals surface area contributed by atoms with Gasteiger partial charge in [-0.2, -0.15) is 16.8 Å². The lowest BCUT2D eigenvalue weighted by molar-refractivity contribution is -0.143. The minimum absolute atomic E-state index is 0.844. The molecule has 0 aliphatic rings. The molecule has 0 aliphatic carbocycles. The minimum Gasteiger partial charge on any atom is -0.481 e. The van der Waals surface area contributed by atoms with Crippen LogP contribution >= 0.6 is 0 Å². The molecule has 14 heteroatoms. The number of hydrogen-bond acceptors (Lipinski definition) is 7. The number of carboxylic acid groups (broad SMARTS) is 2. The third kappa shape index (κ3) is 27.1. The average Bonchev–Trinajstić information content (AvgIpc) is 2.23. The van der Waals surface area contributed by atoms with Crippen molar-refractivity contribution in [2.75, 3.05) is 13.2 Å². The first kappa shape index (κ1) is 25.6. The van der Waals surface area contributed by atoms with Crippen LogP contribution in [-0.4, -0.2) is 71.1 Å². The van der Waals surface area contributed by atoms with E-state index in [1.54, 1.807) is 0 Å². The molecule has 1 unspecified atom stereocenters. The predicted octanol–water partition coefficient (Wildman–Crippen LogP) is -0.808. The molecule has 0 rings (SSSR count). The van der Waals surface area contributed by atoms with Crippen LogP contribution in [0, 0.1) is 0 Å². The molecule has 5 N–H and O–H groups in total. The Morgan fingerprint density at radius 2 is 1.27 bits per heavy atom. The fraction of sp³-hybridized carbons (Fsp3) is 0.750. The van der Waals surface area contributed by atoms with Gasteiger partial charge in [-0.1, -0.05) is 0 Å². The molecule has 0 aromatic rings. The number of carbonyl (C=O) groups is 2. The second kappa shape index (κ2) is 12.2. The molecule has 0 fully saturated rings. The van der Waals surface area contributed by atoms with Gasteiger partial charge < -0.3 is 14.9 Å². The predicted molar refractivity (Wildman–Crippen MR) is 71.6 cm³/mol. The Hall–Kier alpha value is -1.32. The molecule has 22 heavy (non-hydrogen) atoms. The van der Waals surface area contributed by atoms with Crippen molar-refractivity contribution in [3.63, 3.8) is 0 Å². The molecule has 0 saturated heterocycles. The van der Waals surface area contributed by atoms with Gasteiger partial charge in [-0.05, 0) is 13.8 Å². The number of aliphatic carboxylic acids is 2. The van der Waals surface area contributed by atoms with Crippen molar-refractivity contribution in [1.82, 2.24) is 0 Å². The SMILES string of the molecule is CCOCC.O=C(O)CC(C(=O)O)S(=O)(=O)O.O=S(=O)(O)O. The average molecular weight is 370 g/mol. The lowest BCUT2D eigenvalue weighted by Crippen LogP contribution is -2.31. The van der Waals surface area contributed by atoms with Gasteiger partial charge in [0.15, 0.2) is 5.25 Å². The standard InChI is InChI=1S/C4H6O7S.C4H10O.H2O4S/c5-3(6)1-2(4(7)8)12(9,10)11;1-3-5-4-2;1-5(2,3)4/h2H,1H2,(H,5,6)(H,7,8)(H,9,10,11);3-4H2,1-2H3;(H2,1,2,3,4). The normalized spacial score (nSPS) is 12.0. The molecule has 1 atom stereocenters. The van der Waals surface area contributed by atoms with Crippen LogP contribution in [0.25, 0.3) is 0 Å². The van der Waals surface area contributed by atoms with Crippen LogP contribution in [0.5, 0.6) is 0 Å². The van der Waals surface area contributed by atoms with Gasteiger partial charge in [-0.15, -0.1) is 0 Å². The zero-order valence-corrected chi connectivity index (χ0v) is 13.2. The summed E-state index contributed by atoms with van der Waals surface area (Å²) in [5, 5.41) is 13.9. The molecule has 0 heterocycles. The molecule has 0 amide bonds. The largest absolute Gasteiger partial charge is 0.481 e. The van der Waals surface area contributed by atoms with Gasteiger partial charge in [0.1, 0.15) is 0 Å². The number of hydrogen-bond donors (Lipinski definition) is 5. The first-order chi connectivity index (χ1) is 9.66. The van der Waals surface area contributed by atoms with Crippen molar-refractivity contribution in [2.24, 2.45) is 0 Å². The number of rotatable bonds is 6. The lowest BCUT2D eigenvalue weighted by Gasteiger charge is -2.04. The van der Waals surface area contributed by atoms with Crippen molar-refractivity contribution in [1.29, 1.82) is 0 Å². The molecular formula is C8H18O12S2. The molecule has 12 nitrogen and oxygen atoms in total. The fourth-order valence-corrected chi connectivity index (χ4v) is 1.29. The van der Waals surface area contributed by atoms with Crippen molar-refractivity contribution in [2.45, 2.75) is 25.5 Å². The van der Waals surface area contributed by atoms with Crippen LogP contribution in [0.2, 0.25) is 0 Å². The molecule has 0 aromatic heterocycles. The summed E-state index contributed by atoms with van der Waals surface area (Å²) in [5.41, 5.74) is 0. The highest BCUT2D eigenvalue weighted by atomic mass is 32.3. The van der Waals surface area contributed by atoms with Gasteiger partial charge in [-0.3, -0.25) is 23.2 Å². The maximum absolute atomic E-state index is 10.2. The highest BCUT2D eigenvalue weighted by Gasteiger charge is 2.33. The maximum atomic E-state index is 10.2. The van der Waals surface area contributed by atoms with Crippen LogP contribution in [0.3, 0.4) is 0 Å². The molecule has 0 spiro atoms. The highest BCUT2D eigenvalue weighted by molar-refractivity contribution is 7.87. The van der Waals surface area contributed by atoms with Crippen LogP contribution in [0.15, 0.2) is 0 Å². The van der Waals surface area contributed by atoms with Gasteiger partial charge in [0, 0.05) is 13.2 Å². The molecule has 0 aromatic carbocycles. The zero-order chi connectivity index (χ0) is 18.6. The van der Waals surface area contributed by atoms with E-state index >= 15 is 0 Å². The van der Waals surface area contributed by atoms with Gasteiger partial charge in [0.25, 0.3) is 10.1 Å². The molecular weight excluding hydrogens is 352 g/mol. The van der Waals surface area contributed by atoms with E-state index in [-0.39, 0.29) is 0 Å². The summed E-state index contributed by atoms with van der Waals surface area (Å²) in [5.74, 6) is -3.50. The topological polar surface area (TPSA) is 213 Å². The first-order valence-corrected chi connectivity index (χ1v) is 8.25. The van der Waals surface area contributed by atoms with Crippen LogP contribution < -0.4 is 0 Å². The van der Waals surface area contributed by atoms with E-state index in [1.807, 2.05) is 13.8 Å². The maximum Gasteiger partial charge on any atom is 0.394 e. The summed E-state index contributed by atoms with van der Waals surface area (Å²) in [6, 6.07) is 0. The van der Waals surface area contributed by atoms with Gasteiger partial charge in [0.05, 0.1) is 6.42 Å². The number of carboxylic acids is 2. The van der Waals surface area contributed by atoms with E-state index in [4.69, 9.17) is 37.0 Å². The van der Waals surface area contributed by atoms with Crippen LogP contribution in [0.4, 0.5) is 0 Å². The molecule has 0 bridgehead atoms. The smallest absolute Gasteiger partial charge is 0.394 e. The van der Waals surface area contributed by atoms with E-state index in [0.717, 1.165) is 13.2 Å². The summed E-state index contributed by atoms with van der Waals surface area (Å²) in [6.07, 6.45) is -1.16. The Bertz CT molecular complexity index is 509. The Labute approximate surface area is 127 Å². The first-order valence-electron chi connectivity index (χ1n) is 5.35. The van der Waals surface area contributed by atoms with Crippen molar-refractivity contribution in [3.8, 4) is 0 Å². The molecule has 0 radical (unpaired) electrons. The third-order valence-corrected chi connectivity index (χ3v) is 2.49. The van der Waals surface area contributed by atoms with E-state index in [0.29, 0.717) is 0 Å². The Morgan fingerprint density at radius 3 is 1.32 bits per heavy atom. The third-order valence-electron chi connectivity index (χ3n) is 1.40. The van der Waals surface area contributed by atoms with Gasteiger partial charge in [-0.25, -0.2) is 0 Å². The monoisotopic (exact) mass is 370 g/mol. The Balaban J connectivity index is -0.000000298. The highest BCUT2D eigenvalue weighted by Crippen LogP contribution is 2.04. The Morgan fingerprint density at radius 1 is 0.955 bits per heavy atom. The summed E-state index contributed by atoms with van der Waals surface area (Å²) in [7, 11) is -9.51. The van der Waals surface area contributed by atoms with E-state index in [2.05, 4.69) is 0 Å². The molecule has 0 saturated carbocycles. The second-order valence-corrected chi connectivity index (χ2v) is 5.66. The quantitative estimate of drug-likeness (QED) is 0.363. The van der Waals surface area contributed by atoms with Crippen LogP contribution in [-0.2, 0) is 34.8 Å². The lowest BCUT2D eigenvalue weighted by atomic mass is 10.3. The van der Waals surface area contributed by atoms with Crippen LogP contribution in [0.1, 0.15) is 20.3 Å². The minimum atomic E-state index is -4.84. The van der Waals surface area contributed by atoms with Crippen molar-refractivity contribution < 1.29 is 55.0 Å². The second-order valence-electron chi connectivity index (χ2n) is 3.17. The Kier molecular flexibility index (Phi) is 14.3. The van der Waals surface area contributed by atoms with Gasteiger partial charge >= 0.3 is 22.3 Å². The summed E-state index contributed by atoms with van der Waals surface area (Å²) in [4.78, 5) is 20.0. The molecule has 0 aliphatic heterocycles. The number of ether oxygens (including phenoxy) is 1. The van der Waals surface area contributed by atoms with Crippen molar-refractivity contribution >= 4 is 32.5 Å². The fourth-order valence-electron chi connectivity index (χ4n) is 0.683. The zero-order valence-electron chi connectivity index (χ0n) is 11.6. The van der Waals surface area contributed by atoms with Crippen molar-refractivity contribution in [3.05, 3.63) is 0 Å². The molecule has 134 valence electrons.